The number of aromatic nitrogens is 1. The standard InChI is InChI=1S/C17H16N2S2/c1-12-16(11-18)15(13-7-5-4-6-8-13)9-14(19-12)10-17(20-2)21-3/h4-10H,1-3H3. The third kappa shape index (κ3) is 3.69. The van der Waals surface area contributed by atoms with Gasteiger partial charge in [-0.1, -0.05) is 30.3 Å². The molecule has 2 nitrogen and oxygen atoms in total. The Kier molecular flexibility index (Phi) is 5.49. The minimum Gasteiger partial charge on any atom is -0.252 e. The molecule has 0 atom stereocenters. The van der Waals surface area contributed by atoms with Crippen molar-refractivity contribution in [3.8, 4) is 17.2 Å². The second-order valence-corrected chi connectivity index (χ2v) is 6.36. The number of thioether (sulfide) groups is 2. The summed E-state index contributed by atoms with van der Waals surface area (Å²) in [5.74, 6) is 0. The van der Waals surface area contributed by atoms with E-state index in [0.29, 0.717) is 5.56 Å². The average Bonchev–Trinajstić information content (AvgIpc) is 2.53. The fourth-order valence-corrected chi connectivity index (χ4v) is 3.22. The van der Waals surface area contributed by atoms with Gasteiger partial charge in [0.25, 0.3) is 0 Å². The molecule has 106 valence electrons. The SMILES string of the molecule is CSC(=Cc1cc(-c2ccccc2)c(C#N)c(C)n1)SC. The predicted molar refractivity (Wildman–Crippen MR) is 94.1 cm³/mol. The van der Waals surface area contributed by atoms with Gasteiger partial charge in [-0.25, -0.2) is 0 Å². The van der Waals surface area contributed by atoms with Gasteiger partial charge in [0.15, 0.2) is 0 Å². The van der Waals surface area contributed by atoms with Crippen molar-refractivity contribution in [1.82, 2.24) is 4.98 Å². The van der Waals surface area contributed by atoms with E-state index in [9.17, 15) is 5.26 Å². The first kappa shape index (κ1) is 15.7. The zero-order chi connectivity index (χ0) is 15.2. The molecule has 0 aliphatic rings. The zero-order valence-corrected chi connectivity index (χ0v) is 13.9. The van der Waals surface area contributed by atoms with E-state index in [1.165, 1.54) is 4.24 Å². The maximum absolute atomic E-state index is 9.41. The fraction of sp³-hybridized carbons (Fsp3) is 0.176. The van der Waals surface area contributed by atoms with Crippen molar-refractivity contribution in [2.75, 3.05) is 12.5 Å². The highest BCUT2D eigenvalue weighted by Crippen LogP contribution is 2.29. The molecule has 2 aromatic rings. The van der Waals surface area contributed by atoms with Gasteiger partial charge in [0.1, 0.15) is 6.07 Å². The Balaban J connectivity index is 2.61. The van der Waals surface area contributed by atoms with Gasteiger partial charge in [0.05, 0.1) is 17.0 Å². The van der Waals surface area contributed by atoms with E-state index >= 15 is 0 Å². The molecule has 1 aromatic carbocycles. The molecule has 0 saturated heterocycles. The highest BCUT2D eigenvalue weighted by atomic mass is 32.2. The number of pyridine rings is 1. The van der Waals surface area contributed by atoms with E-state index in [1.807, 2.05) is 43.3 Å². The minimum absolute atomic E-state index is 0.646. The summed E-state index contributed by atoms with van der Waals surface area (Å²) in [6.07, 6.45) is 6.17. The molecule has 0 amide bonds. The molecule has 0 radical (unpaired) electrons. The Hall–Kier alpha value is -1.70. The van der Waals surface area contributed by atoms with Crippen LogP contribution in [0.1, 0.15) is 17.0 Å². The van der Waals surface area contributed by atoms with Crippen LogP contribution in [0.4, 0.5) is 0 Å². The lowest BCUT2D eigenvalue weighted by atomic mass is 9.99. The van der Waals surface area contributed by atoms with E-state index in [0.717, 1.165) is 22.5 Å². The summed E-state index contributed by atoms with van der Waals surface area (Å²) >= 11 is 3.40. The van der Waals surface area contributed by atoms with Gasteiger partial charge in [-0.3, -0.25) is 4.98 Å². The summed E-state index contributed by atoms with van der Waals surface area (Å²) in [6.45, 7) is 1.89. The predicted octanol–water partition coefficient (Wildman–Crippen LogP) is 4.95. The van der Waals surface area contributed by atoms with Crippen LogP contribution >= 0.6 is 23.5 Å². The molecule has 2 rings (SSSR count). The van der Waals surface area contributed by atoms with Crippen LogP contribution in [-0.4, -0.2) is 17.5 Å². The van der Waals surface area contributed by atoms with Gasteiger partial charge >= 0.3 is 0 Å². The van der Waals surface area contributed by atoms with E-state index < -0.39 is 0 Å². The molecule has 1 aromatic heterocycles. The zero-order valence-electron chi connectivity index (χ0n) is 12.3. The van der Waals surface area contributed by atoms with E-state index in [1.54, 1.807) is 23.5 Å². The van der Waals surface area contributed by atoms with Crippen molar-refractivity contribution in [3.05, 3.63) is 57.6 Å². The average molecular weight is 312 g/mol. The lowest BCUT2D eigenvalue weighted by Gasteiger charge is -2.09. The summed E-state index contributed by atoms with van der Waals surface area (Å²) in [5.41, 5.74) is 4.30. The summed E-state index contributed by atoms with van der Waals surface area (Å²) in [7, 11) is 0. The number of hydrogen-bond acceptors (Lipinski definition) is 4. The monoisotopic (exact) mass is 312 g/mol. The van der Waals surface area contributed by atoms with Crippen LogP contribution in [0.2, 0.25) is 0 Å². The maximum Gasteiger partial charge on any atom is 0.102 e. The molecular weight excluding hydrogens is 296 g/mol. The minimum atomic E-state index is 0.646. The Morgan fingerprint density at radius 3 is 2.43 bits per heavy atom. The third-order valence-corrected chi connectivity index (χ3v) is 5.13. The van der Waals surface area contributed by atoms with Crippen LogP contribution in [-0.2, 0) is 0 Å². The van der Waals surface area contributed by atoms with E-state index in [2.05, 4.69) is 29.6 Å². The number of benzene rings is 1. The molecule has 0 saturated carbocycles. The molecule has 0 fully saturated rings. The van der Waals surface area contributed by atoms with Crippen molar-refractivity contribution in [2.45, 2.75) is 6.92 Å². The van der Waals surface area contributed by atoms with Gasteiger partial charge in [0.2, 0.25) is 0 Å². The topological polar surface area (TPSA) is 36.7 Å². The fourth-order valence-electron chi connectivity index (χ4n) is 2.08. The van der Waals surface area contributed by atoms with Crippen LogP contribution in [0.5, 0.6) is 0 Å². The summed E-state index contributed by atoms with van der Waals surface area (Å²) in [5, 5.41) is 9.41. The molecule has 0 unspecified atom stereocenters. The summed E-state index contributed by atoms with van der Waals surface area (Å²) < 4.78 is 1.20. The number of rotatable bonds is 4. The largest absolute Gasteiger partial charge is 0.252 e. The molecule has 0 spiro atoms. The van der Waals surface area contributed by atoms with Crippen LogP contribution in [0.15, 0.2) is 40.6 Å². The summed E-state index contributed by atoms with van der Waals surface area (Å²) in [4.78, 5) is 4.54. The third-order valence-electron chi connectivity index (χ3n) is 3.08. The number of hydrogen-bond donors (Lipinski definition) is 0. The first-order chi connectivity index (χ1) is 10.2. The second kappa shape index (κ2) is 7.35. The molecule has 1 heterocycles. The van der Waals surface area contributed by atoms with Gasteiger partial charge < -0.3 is 0 Å². The van der Waals surface area contributed by atoms with Crippen molar-refractivity contribution in [2.24, 2.45) is 0 Å². The molecular formula is C17H16N2S2. The Morgan fingerprint density at radius 1 is 1.19 bits per heavy atom. The van der Waals surface area contributed by atoms with Gasteiger partial charge in [-0.15, -0.1) is 23.5 Å². The van der Waals surface area contributed by atoms with Crippen LogP contribution < -0.4 is 0 Å². The van der Waals surface area contributed by atoms with Crippen molar-refractivity contribution >= 4 is 29.6 Å². The lowest BCUT2D eigenvalue weighted by molar-refractivity contribution is 1.16. The lowest BCUT2D eigenvalue weighted by Crippen LogP contribution is -1.95. The van der Waals surface area contributed by atoms with Crippen LogP contribution in [0.25, 0.3) is 17.2 Å². The second-order valence-electron chi connectivity index (χ2n) is 4.40. The Labute approximate surface area is 134 Å². The Bertz CT molecular complexity index is 695. The smallest absolute Gasteiger partial charge is 0.102 e. The molecule has 0 aliphatic heterocycles. The first-order valence-electron chi connectivity index (χ1n) is 6.46. The normalized spacial score (nSPS) is 10.0. The molecule has 4 heteroatoms. The van der Waals surface area contributed by atoms with Crippen LogP contribution in [0.3, 0.4) is 0 Å². The molecule has 21 heavy (non-hydrogen) atoms. The molecule has 0 bridgehead atoms. The molecule has 0 N–H and O–H groups in total. The Morgan fingerprint density at radius 2 is 1.86 bits per heavy atom. The van der Waals surface area contributed by atoms with Crippen molar-refractivity contribution in [3.63, 3.8) is 0 Å². The van der Waals surface area contributed by atoms with Crippen molar-refractivity contribution < 1.29 is 0 Å². The number of aryl methyl sites for hydroxylation is 1. The number of nitriles is 1. The quantitative estimate of drug-likeness (QED) is 0.800. The highest BCUT2D eigenvalue weighted by Gasteiger charge is 2.10. The van der Waals surface area contributed by atoms with E-state index in [-0.39, 0.29) is 0 Å². The van der Waals surface area contributed by atoms with Gasteiger partial charge in [0, 0.05) is 9.80 Å². The van der Waals surface area contributed by atoms with Gasteiger partial charge in [-0.2, -0.15) is 5.26 Å². The first-order valence-corrected chi connectivity index (χ1v) is 8.91. The highest BCUT2D eigenvalue weighted by molar-refractivity contribution is 8.21. The molecule has 0 aliphatic carbocycles. The maximum atomic E-state index is 9.41. The van der Waals surface area contributed by atoms with Gasteiger partial charge in [-0.05, 0) is 37.1 Å². The van der Waals surface area contributed by atoms with Crippen LogP contribution in [0, 0.1) is 18.3 Å². The van der Waals surface area contributed by atoms with E-state index in [4.69, 9.17) is 0 Å². The number of nitrogens with zero attached hydrogens (tertiary/aromatic N) is 2. The van der Waals surface area contributed by atoms with Crippen molar-refractivity contribution in [1.29, 1.82) is 5.26 Å². The summed E-state index contributed by atoms with van der Waals surface area (Å²) in [6, 6.07) is 14.3.